The molecule has 2 N–H and O–H groups in total. The smallest absolute Gasteiger partial charge is 0.0342 e. The summed E-state index contributed by atoms with van der Waals surface area (Å²) in [5, 5.41) is 6.94. The number of piperidine rings is 1. The van der Waals surface area contributed by atoms with Crippen LogP contribution in [-0.4, -0.2) is 19.1 Å². The molecule has 0 atom stereocenters. The van der Waals surface area contributed by atoms with E-state index in [1.165, 1.54) is 24.1 Å². The third-order valence-electron chi connectivity index (χ3n) is 2.76. The topological polar surface area (TPSA) is 24.1 Å². The summed E-state index contributed by atoms with van der Waals surface area (Å²) in [6, 6.07) is 9.29. The number of rotatable bonds is 2. The number of hydrogen-bond acceptors (Lipinski definition) is 2. The molecule has 1 fully saturated rings. The molecule has 0 saturated carbocycles. The van der Waals surface area contributed by atoms with Gasteiger partial charge in [0.15, 0.2) is 0 Å². The highest BCUT2D eigenvalue weighted by atomic mass is 35.5. The van der Waals surface area contributed by atoms with Gasteiger partial charge in [-0.15, -0.1) is 12.4 Å². The van der Waals surface area contributed by atoms with Crippen molar-refractivity contribution >= 4 is 18.1 Å². The Morgan fingerprint density at radius 2 is 1.73 bits per heavy atom. The van der Waals surface area contributed by atoms with Crippen LogP contribution in [0.3, 0.4) is 0 Å². The first-order valence-electron chi connectivity index (χ1n) is 5.38. The highest BCUT2D eigenvalue weighted by Crippen LogP contribution is 2.13. The number of benzene rings is 1. The molecule has 15 heavy (non-hydrogen) atoms. The van der Waals surface area contributed by atoms with Gasteiger partial charge in [0.1, 0.15) is 0 Å². The summed E-state index contributed by atoms with van der Waals surface area (Å²) in [5.41, 5.74) is 2.57. The minimum absolute atomic E-state index is 0. The highest BCUT2D eigenvalue weighted by molar-refractivity contribution is 5.85. The fourth-order valence-electron chi connectivity index (χ4n) is 1.85. The maximum absolute atomic E-state index is 3.57. The van der Waals surface area contributed by atoms with E-state index in [-0.39, 0.29) is 12.4 Å². The van der Waals surface area contributed by atoms with E-state index in [0.29, 0.717) is 6.04 Å². The van der Waals surface area contributed by atoms with Crippen molar-refractivity contribution in [3.05, 3.63) is 29.8 Å². The summed E-state index contributed by atoms with van der Waals surface area (Å²) in [6.45, 7) is 4.40. The molecule has 1 saturated heterocycles. The van der Waals surface area contributed by atoms with Gasteiger partial charge in [-0.3, -0.25) is 0 Å². The Bertz CT molecular complexity index is 278. The van der Waals surface area contributed by atoms with Crippen molar-refractivity contribution in [3.63, 3.8) is 0 Å². The Morgan fingerprint density at radius 3 is 2.33 bits per heavy atom. The lowest BCUT2D eigenvalue weighted by atomic mass is 10.1. The van der Waals surface area contributed by atoms with Crippen molar-refractivity contribution in [2.24, 2.45) is 0 Å². The molecule has 1 aromatic carbocycles. The second kappa shape index (κ2) is 5.99. The van der Waals surface area contributed by atoms with E-state index in [0.717, 1.165) is 13.1 Å². The van der Waals surface area contributed by atoms with Gasteiger partial charge in [0.25, 0.3) is 0 Å². The molecule has 3 heteroatoms. The summed E-state index contributed by atoms with van der Waals surface area (Å²) in [5.74, 6) is 0. The van der Waals surface area contributed by atoms with Gasteiger partial charge in [0, 0.05) is 11.7 Å². The van der Waals surface area contributed by atoms with Crippen LogP contribution in [0.25, 0.3) is 0 Å². The van der Waals surface area contributed by atoms with Gasteiger partial charge < -0.3 is 10.6 Å². The van der Waals surface area contributed by atoms with E-state index in [4.69, 9.17) is 0 Å². The molecule has 0 spiro atoms. The predicted octanol–water partition coefficient (Wildman–Crippen LogP) is 2.58. The van der Waals surface area contributed by atoms with Gasteiger partial charge in [-0.2, -0.15) is 0 Å². The van der Waals surface area contributed by atoms with Gasteiger partial charge in [0.2, 0.25) is 0 Å². The lowest BCUT2D eigenvalue weighted by Crippen LogP contribution is -2.35. The van der Waals surface area contributed by atoms with Crippen LogP contribution >= 0.6 is 12.4 Å². The van der Waals surface area contributed by atoms with Crippen molar-refractivity contribution in [3.8, 4) is 0 Å². The number of aryl methyl sites for hydroxylation is 1. The predicted molar refractivity (Wildman–Crippen MR) is 67.9 cm³/mol. The third-order valence-corrected chi connectivity index (χ3v) is 2.76. The molecule has 1 heterocycles. The van der Waals surface area contributed by atoms with Crippen LogP contribution in [-0.2, 0) is 0 Å². The van der Waals surface area contributed by atoms with Crippen LogP contribution in [0.15, 0.2) is 24.3 Å². The number of halogens is 1. The minimum Gasteiger partial charge on any atom is -0.382 e. The molecule has 0 aliphatic carbocycles. The Kier molecular flexibility index (Phi) is 4.92. The fourth-order valence-corrected chi connectivity index (χ4v) is 1.85. The van der Waals surface area contributed by atoms with Crippen molar-refractivity contribution in [1.82, 2.24) is 5.32 Å². The van der Waals surface area contributed by atoms with E-state index in [2.05, 4.69) is 41.8 Å². The van der Waals surface area contributed by atoms with Gasteiger partial charge in [0.05, 0.1) is 0 Å². The van der Waals surface area contributed by atoms with E-state index < -0.39 is 0 Å². The van der Waals surface area contributed by atoms with Crippen LogP contribution < -0.4 is 10.6 Å². The van der Waals surface area contributed by atoms with Gasteiger partial charge in [-0.25, -0.2) is 0 Å². The maximum atomic E-state index is 3.57. The average molecular weight is 227 g/mol. The lowest BCUT2D eigenvalue weighted by molar-refractivity contribution is 0.479. The van der Waals surface area contributed by atoms with Gasteiger partial charge in [-0.05, 0) is 45.0 Å². The zero-order valence-electron chi connectivity index (χ0n) is 9.12. The number of anilines is 1. The van der Waals surface area contributed by atoms with Crippen LogP contribution in [0.1, 0.15) is 18.4 Å². The Balaban J connectivity index is 0.00000112. The minimum atomic E-state index is 0. The van der Waals surface area contributed by atoms with Crippen molar-refractivity contribution in [2.45, 2.75) is 25.8 Å². The summed E-state index contributed by atoms with van der Waals surface area (Å²) in [6.07, 6.45) is 2.46. The third kappa shape index (κ3) is 3.73. The molecule has 0 unspecified atom stereocenters. The standard InChI is InChI=1S/C12H18N2.ClH/c1-10-2-4-11(5-3-10)14-12-6-8-13-9-7-12;/h2-5,12-14H,6-9H2,1H3;1H. The van der Waals surface area contributed by atoms with Crippen LogP contribution in [0.4, 0.5) is 5.69 Å². The molecule has 1 aliphatic heterocycles. The summed E-state index contributed by atoms with van der Waals surface area (Å²) < 4.78 is 0. The number of hydrogen-bond donors (Lipinski definition) is 2. The van der Waals surface area contributed by atoms with Gasteiger partial charge >= 0.3 is 0 Å². The number of nitrogens with one attached hydrogen (secondary N) is 2. The zero-order chi connectivity index (χ0) is 9.80. The van der Waals surface area contributed by atoms with Crippen molar-refractivity contribution < 1.29 is 0 Å². The van der Waals surface area contributed by atoms with E-state index >= 15 is 0 Å². The largest absolute Gasteiger partial charge is 0.382 e. The second-order valence-corrected chi connectivity index (χ2v) is 4.03. The molecule has 0 aromatic heterocycles. The maximum Gasteiger partial charge on any atom is 0.0342 e. The first-order valence-corrected chi connectivity index (χ1v) is 5.38. The van der Waals surface area contributed by atoms with E-state index in [9.17, 15) is 0 Å². The Labute approximate surface area is 97.9 Å². The molecule has 0 radical (unpaired) electrons. The SMILES string of the molecule is Cc1ccc(NC2CCNCC2)cc1.Cl. The second-order valence-electron chi connectivity index (χ2n) is 4.03. The first kappa shape index (κ1) is 12.3. The molecule has 2 nitrogen and oxygen atoms in total. The zero-order valence-corrected chi connectivity index (χ0v) is 9.94. The summed E-state index contributed by atoms with van der Waals surface area (Å²) in [4.78, 5) is 0. The summed E-state index contributed by atoms with van der Waals surface area (Å²) >= 11 is 0. The van der Waals surface area contributed by atoms with E-state index in [1.54, 1.807) is 0 Å². The lowest BCUT2D eigenvalue weighted by Gasteiger charge is -2.24. The monoisotopic (exact) mass is 226 g/mol. The van der Waals surface area contributed by atoms with Gasteiger partial charge in [-0.1, -0.05) is 17.7 Å². The quantitative estimate of drug-likeness (QED) is 0.810. The van der Waals surface area contributed by atoms with Crippen molar-refractivity contribution in [1.29, 1.82) is 0 Å². The average Bonchev–Trinajstić information content (AvgIpc) is 2.23. The Morgan fingerprint density at radius 1 is 1.13 bits per heavy atom. The molecule has 84 valence electrons. The molecule has 1 aromatic rings. The molecule has 1 aliphatic rings. The normalized spacial score (nSPS) is 16.9. The fraction of sp³-hybridized carbons (Fsp3) is 0.500. The van der Waals surface area contributed by atoms with Crippen LogP contribution in [0.2, 0.25) is 0 Å². The highest BCUT2D eigenvalue weighted by Gasteiger charge is 2.11. The van der Waals surface area contributed by atoms with Crippen LogP contribution in [0.5, 0.6) is 0 Å². The molecule has 0 bridgehead atoms. The Hall–Kier alpha value is -0.730. The first-order chi connectivity index (χ1) is 6.84. The van der Waals surface area contributed by atoms with Crippen molar-refractivity contribution in [2.75, 3.05) is 18.4 Å². The van der Waals surface area contributed by atoms with E-state index in [1.807, 2.05) is 0 Å². The molecule has 0 amide bonds. The molecular weight excluding hydrogens is 208 g/mol. The molecular formula is C12H19ClN2. The molecule has 2 rings (SSSR count). The summed E-state index contributed by atoms with van der Waals surface area (Å²) in [7, 11) is 0. The van der Waals surface area contributed by atoms with Crippen LogP contribution in [0, 0.1) is 6.92 Å².